The van der Waals surface area contributed by atoms with Gasteiger partial charge in [-0.3, -0.25) is 0 Å². The first-order valence-electron chi connectivity index (χ1n) is 7.63. The maximum Gasteiger partial charge on any atom is 0.0443 e. The third-order valence-electron chi connectivity index (χ3n) is 4.70. The van der Waals surface area contributed by atoms with Crippen LogP contribution in [-0.2, 0) is 6.42 Å². The quantitative estimate of drug-likeness (QED) is 0.802. The highest BCUT2D eigenvalue weighted by Crippen LogP contribution is 2.57. The highest BCUT2D eigenvalue weighted by molar-refractivity contribution is 7.12. The molecule has 3 atom stereocenters. The molecular formula is C16H25NS. The fourth-order valence-electron chi connectivity index (χ4n) is 3.58. The van der Waals surface area contributed by atoms with Crippen molar-refractivity contribution in [1.82, 2.24) is 5.32 Å². The van der Waals surface area contributed by atoms with Gasteiger partial charge in [0.25, 0.3) is 0 Å². The van der Waals surface area contributed by atoms with Gasteiger partial charge in [-0.1, -0.05) is 13.8 Å². The number of aryl methyl sites for hydroxylation is 1. The van der Waals surface area contributed by atoms with Gasteiger partial charge in [-0.15, -0.1) is 11.3 Å². The van der Waals surface area contributed by atoms with Crippen molar-refractivity contribution in [3.8, 4) is 0 Å². The summed E-state index contributed by atoms with van der Waals surface area (Å²) < 4.78 is 0. The minimum absolute atomic E-state index is 0.642. The van der Waals surface area contributed by atoms with Crippen molar-refractivity contribution < 1.29 is 0 Å². The average molecular weight is 263 g/mol. The van der Waals surface area contributed by atoms with Crippen LogP contribution in [0.5, 0.6) is 0 Å². The van der Waals surface area contributed by atoms with Gasteiger partial charge in [0.2, 0.25) is 0 Å². The molecular weight excluding hydrogens is 238 g/mol. The van der Waals surface area contributed by atoms with E-state index in [0.29, 0.717) is 6.04 Å². The minimum atomic E-state index is 0.642. The van der Waals surface area contributed by atoms with Gasteiger partial charge in [0.1, 0.15) is 0 Å². The molecule has 0 bridgehead atoms. The molecule has 2 aliphatic carbocycles. The number of hydrogen-bond donors (Lipinski definition) is 1. The van der Waals surface area contributed by atoms with Crippen LogP contribution in [0.15, 0.2) is 12.1 Å². The topological polar surface area (TPSA) is 12.0 Å². The van der Waals surface area contributed by atoms with Crippen LogP contribution >= 0.6 is 11.3 Å². The maximum absolute atomic E-state index is 3.82. The van der Waals surface area contributed by atoms with Crippen molar-refractivity contribution in [2.75, 3.05) is 6.54 Å². The molecule has 2 saturated carbocycles. The number of rotatable bonds is 6. The van der Waals surface area contributed by atoms with Crippen LogP contribution in [0, 0.1) is 17.8 Å². The second-order valence-corrected chi connectivity index (χ2v) is 7.28. The Kier molecular flexibility index (Phi) is 3.76. The zero-order chi connectivity index (χ0) is 12.5. The van der Waals surface area contributed by atoms with Crippen molar-refractivity contribution in [2.24, 2.45) is 17.8 Å². The summed E-state index contributed by atoms with van der Waals surface area (Å²) in [7, 11) is 0. The Bertz CT molecular complexity index is 388. The van der Waals surface area contributed by atoms with E-state index in [1.807, 2.05) is 11.3 Å². The third kappa shape index (κ3) is 2.50. The summed E-state index contributed by atoms with van der Waals surface area (Å²) in [6.45, 7) is 5.69. The Labute approximate surface area is 115 Å². The Morgan fingerprint density at radius 2 is 2.00 bits per heavy atom. The lowest BCUT2D eigenvalue weighted by Gasteiger charge is -2.25. The molecule has 1 aromatic rings. The molecule has 0 saturated heterocycles. The molecule has 0 aliphatic heterocycles. The number of fused-ring (bicyclic) bond motifs is 1. The summed E-state index contributed by atoms with van der Waals surface area (Å²) in [4.78, 5) is 3.13. The molecule has 18 heavy (non-hydrogen) atoms. The van der Waals surface area contributed by atoms with E-state index in [4.69, 9.17) is 0 Å². The number of nitrogens with one attached hydrogen (secondary N) is 1. The Morgan fingerprint density at radius 1 is 1.22 bits per heavy atom. The van der Waals surface area contributed by atoms with E-state index in [9.17, 15) is 0 Å². The first kappa shape index (κ1) is 12.7. The maximum atomic E-state index is 3.82. The zero-order valence-electron chi connectivity index (χ0n) is 11.6. The third-order valence-corrected chi connectivity index (χ3v) is 6.02. The van der Waals surface area contributed by atoms with E-state index in [-0.39, 0.29) is 0 Å². The molecule has 1 N–H and O–H groups in total. The van der Waals surface area contributed by atoms with Crippen molar-refractivity contribution in [1.29, 1.82) is 0 Å². The summed E-state index contributed by atoms with van der Waals surface area (Å²) in [5.41, 5.74) is 0. The molecule has 0 aromatic carbocycles. The summed E-state index contributed by atoms with van der Waals surface area (Å²) in [5, 5.41) is 3.82. The van der Waals surface area contributed by atoms with E-state index in [0.717, 1.165) is 24.3 Å². The number of thiophene rings is 1. The van der Waals surface area contributed by atoms with E-state index in [1.54, 1.807) is 4.88 Å². The lowest BCUT2D eigenvalue weighted by atomic mass is 9.93. The number of hydrogen-bond acceptors (Lipinski definition) is 2. The van der Waals surface area contributed by atoms with Crippen LogP contribution in [0.25, 0.3) is 0 Å². The predicted molar refractivity (Wildman–Crippen MR) is 79.1 cm³/mol. The standard InChI is InChI=1S/C16H25NS/c1-3-7-17-16(13-9-11-8-12(11)10-13)15-6-5-14(4-2)18-15/h5-6,11-13,16-17H,3-4,7-10H2,1-2H3. The largest absolute Gasteiger partial charge is 0.309 e. The van der Waals surface area contributed by atoms with Crippen molar-refractivity contribution in [3.05, 3.63) is 21.9 Å². The molecule has 1 aromatic heterocycles. The van der Waals surface area contributed by atoms with Gasteiger partial charge in [-0.25, -0.2) is 0 Å². The van der Waals surface area contributed by atoms with Crippen molar-refractivity contribution in [3.63, 3.8) is 0 Å². The molecule has 0 radical (unpaired) electrons. The molecule has 2 aliphatic rings. The van der Waals surface area contributed by atoms with Crippen LogP contribution in [0.3, 0.4) is 0 Å². The van der Waals surface area contributed by atoms with E-state index < -0.39 is 0 Å². The fraction of sp³-hybridized carbons (Fsp3) is 0.750. The van der Waals surface area contributed by atoms with Gasteiger partial charge in [0, 0.05) is 15.8 Å². The van der Waals surface area contributed by atoms with Gasteiger partial charge in [-0.2, -0.15) is 0 Å². The van der Waals surface area contributed by atoms with Crippen molar-refractivity contribution in [2.45, 2.75) is 52.0 Å². The smallest absolute Gasteiger partial charge is 0.0443 e. The minimum Gasteiger partial charge on any atom is -0.309 e. The summed E-state index contributed by atoms with van der Waals surface area (Å²) in [6, 6.07) is 5.35. The van der Waals surface area contributed by atoms with Gasteiger partial charge >= 0.3 is 0 Å². The van der Waals surface area contributed by atoms with Gasteiger partial charge in [0.05, 0.1) is 0 Å². The first-order chi connectivity index (χ1) is 8.81. The molecule has 0 amide bonds. The molecule has 1 nitrogen and oxygen atoms in total. The van der Waals surface area contributed by atoms with E-state index in [2.05, 4.69) is 31.3 Å². The zero-order valence-corrected chi connectivity index (χ0v) is 12.4. The van der Waals surface area contributed by atoms with Crippen molar-refractivity contribution >= 4 is 11.3 Å². The summed E-state index contributed by atoms with van der Waals surface area (Å²) >= 11 is 2.03. The summed E-state index contributed by atoms with van der Waals surface area (Å²) in [5.74, 6) is 3.08. The molecule has 2 fully saturated rings. The van der Waals surface area contributed by atoms with Crippen LogP contribution in [0.4, 0.5) is 0 Å². The average Bonchev–Trinajstić information content (AvgIpc) is 2.82. The normalized spacial score (nSPS) is 31.3. The SMILES string of the molecule is CCCNC(c1ccc(CC)s1)C1CC2CC2C1. The second kappa shape index (κ2) is 5.34. The highest BCUT2D eigenvalue weighted by Gasteiger charge is 2.48. The lowest BCUT2D eigenvalue weighted by molar-refractivity contribution is 0.346. The second-order valence-electron chi connectivity index (χ2n) is 6.08. The monoisotopic (exact) mass is 263 g/mol. The molecule has 2 heteroatoms. The Hall–Kier alpha value is -0.340. The van der Waals surface area contributed by atoms with E-state index >= 15 is 0 Å². The van der Waals surface area contributed by atoms with E-state index in [1.165, 1.54) is 37.0 Å². The van der Waals surface area contributed by atoms with Crippen LogP contribution < -0.4 is 5.32 Å². The lowest BCUT2D eigenvalue weighted by Crippen LogP contribution is -2.27. The molecule has 1 heterocycles. The molecule has 3 unspecified atom stereocenters. The summed E-state index contributed by atoms with van der Waals surface area (Å²) in [6.07, 6.45) is 6.90. The highest BCUT2D eigenvalue weighted by atomic mass is 32.1. The van der Waals surface area contributed by atoms with Crippen LogP contribution in [0.1, 0.15) is 55.3 Å². The molecule has 3 rings (SSSR count). The molecule has 0 spiro atoms. The predicted octanol–water partition coefficient (Wildman–Crippen LogP) is 4.40. The van der Waals surface area contributed by atoms with Gasteiger partial charge in [-0.05, 0) is 68.5 Å². The Balaban J connectivity index is 1.71. The van der Waals surface area contributed by atoms with Gasteiger partial charge < -0.3 is 5.32 Å². The van der Waals surface area contributed by atoms with Crippen LogP contribution in [-0.4, -0.2) is 6.54 Å². The molecule has 100 valence electrons. The van der Waals surface area contributed by atoms with Gasteiger partial charge in [0.15, 0.2) is 0 Å². The first-order valence-corrected chi connectivity index (χ1v) is 8.45. The fourth-order valence-corrected chi connectivity index (χ4v) is 4.71. The Morgan fingerprint density at radius 3 is 2.61 bits per heavy atom. The van der Waals surface area contributed by atoms with Crippen LogP contribution in [0.2, 0.25) is 0 Å².